The van der Waals surface area contributed by atoms with Crippen molar-refractivity contribution in [1.82, 2.24) is 15.1 Å². The lowest BCUT2D eigenvalue weighted by atomic mass is 10.2. The van der Waals surface area contributed by atoms with Gasteiger partial charge in [0.2, 0.25) is 0 Å². The molecular formula is C14H17F2N3O. The highest BCUT2D eigenvalue weighted by molar-refractivity contribution is 5.31. The van der Waals surface area contributed by atoms with Crippen molar-refractivity contribution in [3.8, 4) is 5.75 Å². The molecule has 0 unspecified atom stereocenters. The van der Waals surface area contributed by atoms with Gasteiger partial charge in [0.25, 0.3) is 0 Å². The summed E-state index contributed by atoms with van der Waals surface area (Å²) in [6.07, 6.45) is 3.32. The summed E-state index contributed by atoms with van der Waals surface area (Å²) in [5, 5.41) is 6.98. The molecule has 1 aromatic carbocycles. The highest BCUT2D eigenvalue weighted by atomic mass is 19.1. The summed E-state index contributed by atoms with van der Waals surface area (Å²) >= 11 is 0. The predicted octanol–water partition coefficient (Wildman–Crippen LogP) is 2.39. The number of halogens is 2. The van der Waals surface area contributed by atoms with Crippen LogP contribution in [0.2, 0.25) is 0 Å². The Morgan fingerprint density at radius 1 is 1.25 bits per heavy atom. The standard InChI is InChI=1S/C14H17F2N3O/c1-3-17-6-10-4-12(15)14(13(16)5-10)20-9-11-7-18-19(2)8-11/h4-5,7-8,17H,3,6,9H2,1-2H3. The van der Waals surface area contributed by atoms with Gasteiger partial charge < -0.3 is 10.1 Å². The predicted molar refractivity (Wildman–Crippen MR) is 71.3 cm³/mol. The third-order valence-corrected chi connectivity index (χ3v) is 2.78. The second kappa shape index (κ2) is 6.47. The van der Waals surface area contributed by atoms with E-state index in [1.807, 2.05) is 6.92 Å². The van der Waals surface area contributed by atoms with Gasteiger partial charge in [-0.2, -0.15) is 5.10 Å². The van der Waals surface area contributed by atoms with Gasteiger partial charge in [-0.3, -0.25) is 4.68 Å². The molecule has 0 radical (unpaired) electrons. The van der Waals surface area contributed by atoms with E-state index in [1.54, 1.807) is 24.1 Å². The summed E-state index contributed by atoms with van der Waals surface area (Å²) < 4.78 is 34.5. The van der Waals surface area contributed by atoms with Gasteiger partial charge in [0.15, 0.2) is 17.4 Å². The number of ether oxygens (including phenoxy) is 1. The molecule has 2 rings (SSSR count). The number of hydrogen-bond donors (Lipinski definition) is 1. The normalized spacial score (nSPS) is 10.8. The third-order valence-electron chi connectivity index (χ3n) is 2.78. The highest BCUT2D eigenvalue weighted by Gasteiger charge is 2.13. The smallest absolute Gasteiger partial charge is 0.191 e. The maximum absolute atomic E-state index is 13.8. The maximum atomic E-state index is 13.8. The lowest BCUT2D eigenvalue weighted by molar-refractivity contribution is 0.273. The van der Waals surface area contributed by atoms with E-state index in [0.717, 1.165) is 12.1 Å². The van der Waals surface area contributed by atoms with Crippen LogP contribution < -0.4 is 10.1 Å². The van der Waals surface area contributed by atoms with Crippen molar-refractivity contribution < 1.29 is 13.5 Å². The number of rotatable bonds is 6. The molecule has 4 nitrogen and oxygen atoms in total. The van der Waals surface area contributed by atoms with Crippen LogP contribution in [0.15, 0.2) is 24.5 Å². The van der Waals surface area contributed by atoms with Crippen LogP contribution in [-0.2, 0) is 20.2 Å². The lowest BCUT2D eigenvalue weighted by Gasteiger charge is -2.09. The van der Waals surface area contributed by atoms with Gasteiger partial charge in [-0.25, -0.2) is 8.78 Å². The van der Waals surface area contributed by atoms with Gasteiger partial charge in [0.05, 0.1) is 6.20 Å². The molecule has 0 saturated carbocycles. The second-order valence-electron chi connectivity index (χ2n) is 4.48. The van der Waals surface area contributed by atoms with Gasteiger partial charge in [0, 0.05) is 25.4 Å². The largest absolute Gasteiger partial charge is 0.483 e. The van der Waals surface area contributed by atoms with Gasteiger partial charge >= 0.3 is 0 Å². The van der Waals surface area contributed by atoms with E-state index in [1.165, 1.54) is 12.1 Å². The Balaban J connectivity index is 2.07. The van der Waals surface area contributed by atoms with Crippen molar-refractivity contribution in [2.24, 2.45) is 7.05 Å². The van der Waals surface area contributed by atoms with Crippen LogP contribution >= 0.6 is 0 Å². The molecule has 0 saturated heterocycles. The Hall–Kier alpha value is -1.95. The van der Waals surface area contributed by atoms with Gasteiger partial charge in [0.1, 0.15) is 6.61 Å². The van der Waals surface area contributed by atoms with E-state index >= 15 is 0 Å². The SMILES string of the molecule is CCNCc1cc(F)c(OCc2cnn(C)c2)c(F)c1. The van der Waals surface area contributed by atoms with E-state index < -0.39 is 11.6 Å². The van der Waals surface area contributed by atoms with Gasteiger partial charge in [-0.1, -0.05) is 6.92 Å². The van der Waals surface area contributed by atoms with E-state index in [4.69, 9.17) is 4.74 Å². The molecule has 0 spiro atoms. The van der Waals surface area contributed by atoms with Crippen LogP contribution in [-0.4, -0.2) is 16.3 Å². The molecule has 108 valence electrons. The average molecular weight is 281 g/mol. The average Bonchev–Trinajstić information content (AvgIpc) is 2.81. The van der Waals surface area contributed by atoms with E-state index in [-0.39, 0.29) is 12.4 Å². The summed E-state index contributed by atoms with van der Waals surface area (Å²) in [6.45, 7) is 3.17. The lowest BCUT2D eigenvalue weighted by Crippen LogP contribution is -2.12. The van der Waals surface area contributed by atoms with Crippen molar-refractivity contribution >= 4 is 0 Å². The number of aromatic nitrogens is 2. The minimum atomic E-state index is -0.693. The molecule has 0 bridgehead atoms. The Kier molecular flexibility index (Phi) is 4.68. The van der Waals surface area contributed by atoms with Crippen LogP contribution in [0, 0.1) is 11.6 Å². The fourth-order valence-electron chi connectivity index (χ4n) is 1.82. The minimum Gasteiger partial charge on any atom is -0.483 e. The first-order chi connectivity index (χ1) is 9.60. The molecule has 0 fully saturated rings. The molecule has 0 aliphatic heterocycles. The monoisotopic (exact) mass is 281 g/mol. The zero-order valence-electron chi connectivity index (χ0n) is 11.5. The molecule has 0 aliphatic rings. The van der Waals surface area contributed by atoms with Crippen LogP contribution in [0.4, 0.5) is 8.78 Å². The van der Waals surface area contributed by atoms with Crippen LogP contribution in [0.1, 0.15) is 18.1 Å². The number of nitrogens with one attached hydrogen (secondary N) is 1. The van der Waals surface area contributed by atoms with E-state index in [0.29, 0.717) is 12.1 Å². The first-order valence-electron chi connectivity index (χ1n) is 6.39. The summed E-state index contributed by atoms with van der Waals surface area (Å²) in [6, 6.07) is 2.56. The van der Waals surface area contributed by atoms with Crippen LogP contribution in [0.25, 0.3) is 0 Å². The molecule has 0 aliphatic carbocycles. The van der Waals surface area contributed by atoms with Gasteiger partial charge in [-0.05, 0) is 24.2 Å². The maximum Gasteiger partial charge on any atom is 0.191 e. The summed E-state index contributed by atoms with van der Waals surface area (Å²) in [7, 11) is 1.76. The number of aryl methyl sites for hydroxylation is 1. The number of hydrogen-bond acceptors (Lipinski definition) is 3. The fraction of sp³-hybridized carbons (Fsp3) is 0.357. The highest BCUT2D eigenvalue weighted by Crippen LogP contribution is 2.24. The Morgan fingerprint density at radius 3 is 2.50 bits per heavy atom. The van der Waals surface area contributed by atoms with Crippen molar-refractivity contribution in [2.45, 2.75) is 20.1 Å². The third kappa shape index (κ3) is 3.54. The van der Waals surface area contributed by atoms with Gasteiger partial charge in [-0.15, -0.1) is 0 Å². The zero-order valence-corrected chi connectivity index (χ0v) is 11.5. The van der Waals surface area contributed by atoms with Crippen molar-refractivity contribution in [1.29, 1.82) is 0 Å². The summed E-state index contributed by atoms with van der Waals surface area (Å²) in [4.78, 5) is 0. The molecule has 1 heterocycles. The minimum absolute atomic E-state index is 0.0776. The molecule has 1 aromatic heterocycles. The topological polar surface area (TPSA) is 39.1 Å². The molecule has 6 heteroatoms. The van der Waals surface area contributed by atoms with Crippen molar-refractivity contribution in [3.63, 3.8) is 0 Å². The zero-order chi connectivity index (χ0) is 14.5. The molecule has 0 atom stereocenters. The Bertz CT molecular complexity index is 561. The van der Waals surface area contributed by atoms with Crippen LogP contribution in [0.3, 0.4) is 0 Å². The molecular weight excluding hydrogens is 264 g/mol. The quantitative estimate of drug-likeness (QED) is 0.883. The molecule has 1 N–H and O–H groups in total. The van der Waals surface area contributed by atoms with E-state index in [9.17, 15) is 8.78 Å². The molecule has 0 amide bonds. The Morgan fingerprint density at radius 2 is 1.95 bits per heavy atom. The number of benzene rings is 1. The first-order valence-corrected chi connectivity index (χ1v) is 6.39. The fourth-order valence-corrected chi connectivity index (χ4v) is 1.82. The number of nitrogens with zero attached hydrogens (tertiary/aromatic N) is 2. The second-order valence-corrected chi connectivity index (χ2v) is 4.48. The summed E-state index contributed by atoms with van der Waals surface area (Å²) in [5.41, 5.74) is 1.30. The van der Waals surface area contributed by atoms with Crippen molar-refractivity contribution in [2.75, 3.05) is 6.54 Å². The molecule has 2 aromatic rings. The first kappa shape index (κ1) is 14.5. The van der Waals surface area contributed by atoms with E-state index in [2.05, 4.69) is 10.4 Å². The van der Waals surface area contributed by atoms with Crippen molar-refractivity contribution in [3.05, 3.63) is 47.3 Å². The van der Waals surface area contributed by atoms with Crippen LogP contribution in [0.5, 0.6) is 5.75 Å². The Labute approximate surface area is 116 Å². The molecule has 20 heavy (non-hydrogen) atoms. The summed E-state index contributed by atoms with van der Waals surface area (Å²) in [5.74, 6) is -1.74.